The lowest BCUT2D eigenvalue weighted by Crippen LogP contribution is -2.57. The molecular formula is C27H43NO2. The number of piperidine rings is 1. The van der Waals surface area contributed by atoms with Crippen LogP contribution in [0.25, 0.3) is 0 Å². The van der Waals surface area contributed by atoms with Crippen molar-refractivity contribution in [1.29, 1.82) is 0 Å². The van der Waals surface area contributed by atoms with Crippen LogP contribution < -0.4 is 5.32 Å². The monoisotopic (exact) mass is 413 g/mol. The molecule has 6 aliphatic rings. The van der Waals surface area contributed by atoms with Crippen LogP contribution >= 0.6 is 0 Å². The molecule has 1 spiro atoms. The van der Waals surface area contributed by atoms with Crippen molar-refractivity contribution < 1.29 is 9.84 Å². The summed E-state index contributed by atoms with van der Waals surface area (Å²) in [5, 5.41) is 14.1. The minimum atomic E-state index is -0.100. The van der Waals surface area contributed by atoms with Gasteiger partial charge >= 0.3 is 0 Å². The molecule has 2 N–H and O–H groups in total. The summed E-state index contributed by atoms with van der Waals surface area (Å²) in [5.74, 6) is 4.58. The lowest BCUT2D eigenvalue weighted by molar-refractivity contribution is -0.115. The maximum absolute atomic E-state index is 10.3. The molecule has 0 aromatic rings. The van der Waals surface area contributed by atoms with Gasteiger partial charge in [0.25, 0.3) is 0 Å². The third kappa shape index (κ3) is 2.55. The van der Waals surface area contributed by atoms with Crippen LogP contribution in [0.1, 0.15) is 85.5 Å². The Morgan fingerprint density at radius 3 is 2.67 bits per heavy atom. The number of hydrogen-bond acceptors (Lipinski definition) is 3. The number of nitrogens with one attached hydrogen (secondary N) is 1. The fourth-order valence-electron chi connectivity index (χ4n) is 9.84. The average Bonchev–Trinajstić information content (AvgIpc) is 3.16. The molecule has 0 aromatic carbocycles. The second kappa shape index (κ2) is 6.58. The summed E-state index contributed by atoms with van der Waals surface area (Å²) in [5.41, 5.74) is 2.33. The maximum atomic E-state index is 10.3. The van der Waals surface area contributed by atoms with E-state index in [9.17, 15) is 5.11 Å². The van der Waals surface area contributed by atoms with E-state index in [4.69, 9.17) is 4.74 Å². The number of hydrogen-bond donors (Lipinski definition) is 2. The van der Waals surface area contributed by atoms with E-state index in [2.05, 4.69) is 39.1 Å². The summed E-state index contributed by atoms with van der Waals surface area (Å²) < 4.78 is 7.00. The Hall–Kier alpha value is -0.380. The van der Waals surface area contributed by atoms with Gasteiger partial charge in [-0.3, -0.25) is 5.32 Å². The lowest BCUT2D eigenvalue weighted by Gasteiger charge is -2.58. The highest BCUT2D eigenvalue weighted by atomic mass is 16.5. The summed E-state index contributed by atoms with van der Waals surface area (Å²) >= 11 is 0. The Labute approximate surface area is 183 Å². The zero-order valence-corrected chi connectivity index (χ0v) is 19.6. The van der Waals surface area contributed by atoms with Gasteiger partial charge in [0, 0.05) is 12.5 Å². The molecule has 2 aliphatic heterocycles. The first kappa shape index (κ1) is 20.2. The van der Waals surface area contributed by atoms with E-state index < -0.39 is 0 Å². The molecule has 0 bridgehead atoms. The van der Waals surface area contributed by atoms with Gasteiger partial charge in [0.05, 0.1) is 12.2 Å². The van der Waals surface area contributed by atoms with E-state index in [1.807, 2.05) is 0 Å². The summed E-state index contributed by atoms with van der Waals surface area (Å²) in [6, 6.07) is 0. The first-order chi connectivity index (χ1) is 14.3. The smallest absolute Gasteiger partial charge is 0.122 e. The topological polar surface area (TPSA) is 41.5 Å². The lowest BCUT2D eigenvalue weighted by atomic mass is 9.47. The summed E-state index contributed by atoms with van der Waals surface area (Å²) in [7, 11) is 0. The summed E-state index contributed by atoms with van der Waals surface area (Å²) in [4.78, 5) is 0. The van der Waals surface area contributed by atoms with Gasteiger partial charge in [-0.25, -0.2) is 0 Å². The van der Waals surface area contributed by atoms with Crippen LogP contribution in [0.5, 0.6) is 0 Å². The molecule has 0 unspecified atom stereocenters. The number of rotatable bonds is 0. The highest BCUT2D eigenvalue weighted by Crippen LogP contribution is 2.70. The molecule has 2 heterocycles. The second-order valence-corrected chi connectivity index (χ2v) is 12.8. The van der Waals surface area contributed by atoms with Crippen LogP contribution in [0.2, 0.25) is 0 Å². The third-order valence-electron chi connectivity index (χ3n) is 11.6. The molecule has 6 rings (SSSR count). The molecule has 5 fully saturated rings. The normalized spacial score (nSPS) is 59.8. The van der Waals surface area contributed by atoms with Gasteiger partial charge in [0.1, 0.15) is 5.72 Å². The van der Waals surface area contributed by atoms with E-state index in [0.717, 1.165) is 49.0 Å². The van der Waals surface area contributed by atoms with E-state index in [0.29, 0.717) is 22.9 Å². The molecule has 2 saturated heterocycles. The quantitative estimate of drug-likeness (QED) is 0.530. The number of allylic oxidation sites excluding steroid dienone is 1. The summed E-state index contributed by atoms with van der Waals surface area (Å²) in [6.07, 6.45) is 13.8. The fraction of sp³-hybridized carbons (Fsp3) is 0.926. The van der Waals surface area contributed by atoms with E-state index in [1.165, 1.54) is 44.9 Å². The molecular weight excluding hydrogens is 370 g/mol. The molecule has 3 nitrogen and oxygen atoms in total. The zero-order chi connectivity index (χ0) is 20.9. The first-order valence-electron chi connectivity index (χ1n) is 13.1. The van der Waals surface area contributed by atoms with Crippen LogP contribution in [0.4, 0.5) is 0 Å². The largest absolute Gasteiger partial charge is 0.393 e. The van der Waals surface area contributed by atoms with Crippen molar-refractivity contribution in [2.24, 2.45) is 46.3 Å². The van der Waals surface area contributed by atoms with Crippen molar-refractivity contribution in [2.75, 3.05) is 6.54 Å². The predicted molar refractivity (Wildman–Crippen MR) is 120 cm³/mol. The van der Waals surface area contributed by atoms with E-state index in [1.54, 1.807) is 5.57 Å². The molecule has 3 heteroatoms. The first-order valence-corrected chi connectivity index (χ1v) is 13.1. The molecule has 0 amide bonds. The van der Waals surface area contributed by atoms with Crippen LogP contribution in [-0.2, 0) is 4.74 Å². The van der Waals surface area contributed by atoms with Gasteiger partial charge < -0.3 is 9.84 Å². The Kier molecular flexibility index (Phi) is 4.44. The van der Waals surface area contributed by atoms with Crippen LogP contribution in [0.15, 0.2) is 11.6 Å². The van der Waals surface area contributed by atoms with Gasteiger partial charge in [-0.15, -0.1) is 0 Å². The molecule has 0 aromatic heterocycles. The van der Waals surface area contributed by atoms with Gasteiger partial charge in [-0.2, -0.15) is 0 Å². The van der Waals surface area contributed by atoms with Crippen molar-refractivity contribution >= 4 is 0 Å². The summed E-state index contributed by atoms with van der Waals surface area (Å²) in [6.45, 7) is 11.2. The molecule has 4 aliphatic carbocycles. The van der Waals surface area contributed by atoms with Crippen molar-refractivity contribution in [3.05, 3.63) is 11.6 Å². The van der Waals surface area contributed by atoms with Crippen molar-refractivity contribution in [3.63, 3.8) is 0 Å². The minimum absolute atomic E-state index is 0.0439. The van der Waals surface area contributed by atoms with Gasteiger partial charge in [-0.05, 0) is 98.2 Å². The minimum Gasteiger partial charge on any atom is -0.393 e. The maximum Gasteiger partial charge on any atom is 0.122 e. The second-order valence-electron chi connectivity index (χ2n) is 12.8. The molecule has 11 atom stereocenters. The zero-order valence-electron chi connectivity index (χ0n) is 19.6. The third-order valence-corrected chi connectivity index (χ3v) is 11.6. The van der Waals surface area contributed by atoms with Crippen LogP contribution in [-0.4, -0.2) is 29.6 Å². The van der Waals surface area contributed by atoms with Gasteiger partial charge in [0.2, 0.25) is 0 Å². The van der Waals surface area contributed by atoms with E-state index >= 15 is 0 Å². The van der Waals surface area contributed by atoms with Crippen molar-refractivity contribution in [3.8, 4) is 0 Å². The van der Waals surface area contributed by atoms with Crippen LogP contribution in [0.3, 0.4) is 0 Å². The molecule has 168 valence electrons. The van der Waals surface area contributed by atoms with Gasteiger partial charge in [-0.1, -0.05) is 39.3 Å². The standard InChI is InChI=1S/C27H43NO2/c1-16-7-12-27(28-15-16)17(2)24-23(30-27)14-22-20-6-5-18-13-19(29)8-10-25(18,3)21(20)9-11-26(22,24)4/h5,16-17,19-24,28-29H,6-15H2,1-4H3/t16-,17+,19+,20-,21+,22-,23-,24-,25-,26-,27-/m0/s1. The number of ether oxygens (including phenoxy) is 1. The molecule has 0 radical (unpaired) electrons. The SMILES string of the molecule is C[C@H]1CC[C@]2(NC1)O[C@H]1C[C@H]3[C@H]4CC=C5C[C@H](O)CC[C@]5(C)[C@@H]4CC[C@]3(C)[C@H]1[C@H]2C. The predicted octanol–water partition coefficient (Wildman–Crippen LogP) is 5.29. The van der Waals surface area contributed by atoms with Crippen molar-refractivity contribution in [2.45, 2.75) is 103 Å². The fourth-order valence-corrected chi connectivity index (χ4v) is 9.84. The Morgan fingerprint density at radius 2 is 1.90 bits per heavy atom. The Morgan fingerprint density at radius 1 is 1.07 bits per heavy atom. The molecule has 30 heavy (non-hydrogen) atoms. The number of aliphatic hydroxyl groups is 1. The average molecular weight is 414 g/mol. The van der Waals surface area contributed by atoms with E-state index in [-0.39, 0.29) is 11.8 Å². The molecule has 3 saturated carbocycles. The number of fused-ring (bicyclic) bond motifs is 7. The van der Waals surface area contributed by atoms with Crippen LogP contribution in [0, 0.1) is 46.3 Å². The number of aliphatic hydroxyl groups excluding tert-OH is 1. The van der Waals surface area contributed by atoms with Crippen molar-refractivity contribution in [1.82, 2.24) is 5.32 Å². The van der Waals surface area contributed by atoms with Gasteiger partial charge in [0.15, 0.2) is 0 Å². The Balaban J connectivity index is 1.28. The highest BCUT2D eigenvalue weighted by Gasteiger charge is 2.68. The highest BCUT2D eigenvalue weighted by molar-refractivity contribution is 5.26. The Bertz CT molecular complexity index is 739.